The van der Waals surface area contributed by atoms with Crippen molar-refractivity contribution in [2.75, 3.05) is 0 Å². The number of hydrogen-bond acceptors (Lipinski definition) is 4. The molecule has 0 N–H and O–H groups in total. The Bertz CT molecular complexity index is 3570. The van der Waals surface area contributed by atoms with Crippen LogP contribution >= 0.6 is 0 Å². The fraction of sp³-hybridized carbons (Fsp3) is 0. The Morgan fingerprint density at radius 2 is 0.965 bits per heavy atom. The Morgan fingerprint density at radius 3 is 1.68 bits per heavy atom. The maximum absolute atomic E-state index is 8.43. The van der Waals surface area contributed by atoms with Gasteiger partial charge in [0, 0.05) is 49.1 Å². The average molecular weight is 731 g/mol. The number of furan rings is 1. The maximum atomic E-state index is 8.43. The van der Waals surface area contributed by atoms with Crippen molar-refractivity contribution in [1.29, 1.82) is 0 Å². The smallest absolute Gasteiger partial charge is 0.238 e. The van der Waals surface area contributed by atoms with E-state index in [0.29, 0.717) is 29.2 Å². The zero-order chi connectivity index (χ0) is 38.3. The Hall–Kier alpha value is -7.83. The van der Waals surface area contributed by atoms with E-state index in [0.717, 1.165) is 82.5 Å². The summed E-state index contributed by atoms with van der Waals surface area (Å²) in [6.45, 7) is 0. The molecule has 0 aliphatic rings. The fourth-order valence-corrected chi connectivity index (χ4v) is 8.61. The molecule has 6 nitrogen and oxygen atoms in total. The summed E-state index contributed by atoms with van der Waals surface area (Å²) in [4.78, 5) is 15.7. The second-order valence-electron chi connectivity index (χ2n) is 14.3. The van der Waals surface area contributed by atoms with E-state index >= 15 is 0 Å². The van der Waals surface area contributed by atoms with Gasteiger partial charge >= 0.3 is 0 Å². The van der Waals surface area contributed by atoms with Crippen molar-refractivity contribution in [3.05, 3.63) is 188 Å². The van der Waals surface area contributed by atoms with Crippen LogP contribution in [0.4, 0.5) is 0 Å². The van der Waals surface area contributed by atoms with Crippen molar-refractivity contribution in [1.82, 2.24) is 24.1 Å². The predicted molar refractivity (Wildman–Crippen MR) is 232 cm³/mol. The third kappa shape index (κ3) is 4.81. The van der Waals surface area contributed by atoms with Crippen molar-refractivity contribution >= 4 is 65.6 Å². The Balaban J connectivity index is 1.12. The molecule has 0 aliphatic carbocycles. The minimum Gasteiger partial charge on any atom is -0.456 e. The van der Waals surface area contributed by atoms with Gasteiger partial charge in [-0.1, -0.05) is 152 Å². The van der Waals surface area contributed by atoms with Crippen LogP contribution in [0, 0.1) is 0 Å². The van der Waals surface area contributed by atoms with E-state index in [1.807, 2.05) is 54.6 Å². The summed E-state index contributed by atoms with van der Waals surface area (Å²) in [5.74, 6) is 1.70. The van der Waals surface area contributed by atoms with Gasteiger partial charge in [-0.25, -0.2) is 4.98 Å². The van der Waals surface area contributed by atoms with Crippen LogP contribution in [0.2, 0.25) is 0 Å². The molecule has 57 heavy (non-hydrogen) atoms. The van der Waals surface area contributed by atoms with Crippen LogP contribution in [0.3, 0.4) is 0 Å². The van der Waals surface area contributed by atoms with Crippen molar-refractivity contribution < 1.29 is 5.79 Å². The zero-order valence-corrected chi connectivity index (χ0v) is 30.5. The van der Waals surface area contributed by atoms with Crippen molar-refractivity contribution in [3.63, 3.8) is 0 Å². The average Bonchev–Trinajstić information content (AvgIpc) is 3.96. The zero-order valence-electron chi connectivity index (χ0n) is 31.5. The molecule has 6 heteroatoms. The molecule has 0 amide bonds. The number of hydrogen-bond donors (Lipinski definition) is 0. The predicted octanol–water partition coefficient (Wildman–Crippen LogP) is 13.0. The molecule has 0 saturated carbocycles. The summed E-state index contributed by atoms with van der Waals surface area (Å²) in [6.07, 6.45) is 0. The number of rotatable bonds is 5. The SMILES string of the molecule is [2H]c1cccc2c1oc1cccc(-c3ccc(-c4nc(-c5ccccc5)nc(-n5c6ccccc6c6ccc7c8ccccc8n(-c8ccccc8)c7c65)n4)cc3)c12. The number of nitrogens with zero attached hydrogens (tertiary/aromatic N) is 5. The third-order valence-electron chi connectivity index (χ3n) is 11.1. The van der Waals surface area contributed by atoms with E-state index in [4.69, 9.17) is 20.7 Å². The lowest BCUT2D eigenvalue weighted by Gasteiger charge is -2.13. The lowest BCUT2D eigenvalue weighted by Crippen LogP contribution is -2.07. The van der Waals surface area contributed by atoms with Gasteiger partial charge in [0.2, 0.25) is 5.95 Å². The van der Waals surface area contributed by atoms with Gasteiger partial charge in [0.05, 0.1) is 23.4 Å². The molecule has 0 saturated heterocycles. The van der Waals surface area contributed by atoms with Crippen LogP contribution in [0.25, 0.3) is 111 Å². The molecule has 0 fully saturated rings. The maximum Gasteiger partial charge on any atom is 0.238 e. The summed E-state index contributed by atoms with van der Waals surface area (Å²) < 4.78 is 19.2. The summed E-state index contributed by atoms with van der Waals surface area (Å²) in [6, 6.07) is 62.8. The second-order valence-corrected chi connectivity index (χ2v) is 14.3. The quantitative estimate of drug-likeness (QED) is 0.177. The largest absolute Gasteiger partial charge is 0.456 e. The van der Waals surface area contributed by atoms with Gasteiger partial charge in [0.1, 0.15) is 11.2 Å². The molecule has 0 aliphatic heterocycles. The lowest BCUT2D eigenvalue weighted by molar-refractivity contribution is 0.669. The number of aromatic nitrogens is 5. The molecule has 266 valence electrons. The molecule has 4 aromatic heterocycles. The highest BCUT2D eigenvalue weighted by Crippen LogP contribution is 2.42. The Morgan fingerprint density at radius 1 is 0.404 bits per heavy atom. The Kier molecular flexibility index (Phi) is 6.60. The summed E-state index contributed by atoms with van der Waals surface area (Å²) in [5, 5.41) is 6.51. The third-order valence-corrected chi connectivity index (χ3v) is 11.1. The first-order valence-electron chi connectivity index (χ1n) is 19.5. The Labute approximate surface area is 328 Å². The molecular weight excluding hydrogens is 699 g/mol. The molecule has 0 spiro atoms. The van der Waals surface area contributed by atoms with Crippen LogP contribution in [-0.4, -0.2) is 24.1 Å². The molecular formula is C51H31N5O. The number of benzene rings is 8. The molecule has 0 unspecified atom stereocenters. The highest BCUT2D eigenvalue weighted by molar-refractivity contribution is 6.23. The van der Waals surface area contributed by atoms with E-state index in [-0.39, 0.29) is 0 Å². The fourth-order valence-electron chi connectivity index (χ4n) is 8.61. The molecule has 0 bridgehead atoms. The molecule has 0 radical (unpaired) electrons. The topological polar surface area (TPSA) is 61.7 Å². The minimum atomic E-state index is 0.375. The number of para-hydroxylation sites is 4. The molecule has 12 rings (SSSR count). The first-order chi connectivity index (χ1) is 28.7. The number of fused-ring (bicyclic) bond motifs is 10. The van der Waals surface area contributed by atoms with Crippen LogP contribution in [0.15, 0.2) is 192 Å². The standard InChI is InChI=1S/C51H31N5O/c1-3-14-33(15-4-1)49-52-50(34-28-26-32(27-29-34)36-21-13-25-45-46(36)41-20-9-12-24-44(41)57-45)54-51(53-49)56-43-23-11-8-19-38(43)40-31-30-39-37-18-7-10-22-42(37)55(47(39)48(40)56)35-16-5-2-6-17-35/h1-31H/i24D. The molecule has 8 aromatic carbocycles. The van der Waals surface area contributed by atoms with Crippen LogP contribution in [0.1, 0.15) is 1.37 Å². The second kappa shape index (κ2) is 12.3. The van der Waals surface area contributed by atoms with Crippen molar-refractivity contribution in [2.45, 2.75) is 0 Å². The van der Waals surface area contributed by atoms with Gasteiger partial charge < -0.3 is 8.98 Å². The van der Waals surface area contributed by atoms with E-state index in [9.17, 15) is 0 Å². The minimum absolute atomic E-state index is 0.375. The summed E-state index contributed by atoms with van der Waals surface area (Å²) in [7, 11) is 0. The van der Waals surface area contributed by atoms with Gasteiger partial charge in [-0.15, -0.1) is 0 Å². The van der Waals surface area contributed by atoms with Crippen LogP contribution < -0.4 is 0 Å². The molecule has 12 aromatic rings. The van der Waals surface area contributed by atoms with E-state index in [1.54, 1.807) is 6.07 Å². The highest BCUT2D eigenvalue weighted by atomic mass is 16.3. The monoisotopic (exact) mass is 730 g/mol. The van der Waals surface area contributed by atoms with E-state index in [1.165, 1.54) is 5.39 Å². The van der Waals surface area contributed by atoms with Crippen molar-refractivity contribution in [3.8, 4) is 45.5 Å². The highest BCUT2D eigenvalue weighted by Gasteiger charge is 2.23. The van der Waals surface area contributed by atoms with E-state index < -0.39 is 0 Å². The van der Waals surface area contributed by atoms with Gasteiger partial charge in [-0.2, -0.15) is 9.97 Å². The van der Waals surface area contributed by atoms with Gasteiger partial charge in [-0.05, 0) is 47.5 Å². The lowest BCUT2D eigenvalue weighted by atomic mass is 9.98. The first kappa shape index (κ1) is 30.5. The van der Waals surface area contributed by atoms with Gasteiger partial charge in [0.15, 0.2) is 11.6 Å². The van der Waals surface area contributed by atoms with Gasteiger partial charge in [0.25, 0.3) is 0 Å². The van der Waals surface area contributed by atoms with Crippen molar-refractivity contribution in [2.24, 2.45) is 0 Å². The summed E-state index contributed by atoms with van der Waals surface area (Å²) in [5.41, 5.74) is 10.5. The van der Waals surface area contributed by atoms with E-state index in [2.05, 4.69) is 130 Å². The first-order valence-corrected chi connectivity index (χ1v) is 19.0. The molecule has 4 heterocycles. The summed E-state index contributed by atoms with van der Waals surface area (Å²) >= 11 is 0. The van der Waals surface area contributed by atoms with Crippen LogP contribution in [-0.2, 0) is 0 Å². The van der Waals surface area contributed by atoms with Crippen LogP contribution in [0.5, 0.6) is 0 Å². The van der Waals surface area contributed by atoms with Gasteiger partial charge in [-0.3, -0.25) is 4.57 Å². The normalized spacial score (nSPS) is 12.1. The molecule has 0 atom stereocenters.